The molecule has 0 aromatic rings. The van der Waals surface area contributed by atoms with E-state index in [0.717, 1.165) is 0 Å². The van der Waals surface area contributed by atoms with Gasteiger partial charge in [-0.3, -0.25) is 9.59 Å². The zero-order chi connectivity index (χ0) is 31.7. The van der Waals surface area contributed by atoms with E-state index in [1.54, 1.807) is 4.90 Å². The summed E-state index contributed by atoms with van der Waals surface area (Å²) in [4.78, 5) is 51.1. The van der Waals surface area contributed by atoms with Crippen LogP contribution in [-0.4, -0.2) is 100 Å². The van der Waals surface area contributed by atoms with E-state index in [0.29, 0.717) is 43.8 Å². The van der Waals surface area contributed by atoms with Crippen molar-refractivity contribution in [3.63, 3.8) is 0 Å². The number of nitrogens with two attached hydrogens (primary N) is 1. The molecule has 1 saturated heterocycles. The number of carbonyl (C=O) groups is 4. The molecule has 3 N–H and O–H groups in total. The van der Waals surface area contributed by atoms with Gasteiger partial charge in [0.1, 0.15) is 12.2 Å². The van der Waals surface area contributed by atoms with Crippen LogP contribution in [0.4, 0.5) is 9.59 Å². The van der Waals surface area contributed by atoms with Gasteiger partial charge in [0.05, 0.1) is 24.7 Å². The Kier molecular flexibility index (Phi) is 12.8. The summed E-state index contributed by atoms with van der Waals surface area (Å²) in [5, 5.41) is 3.58. The van der Waals surface area contributed by atoms with Crippen molar-refractivity contribution in [3.8, 4) is 0 Å². The summed E-state index contributed by atoms with van der Waals surface area (Å²) in [5.74, 6) is -1.17. The third kappa shape index (κ3) is 11.5. The number of urea groups is 1. The van der Waals surface area contributed by atoms with E-state index in [-0.39, 0.29) is 50.0 Å². The zero-order valence-electron chi connectivity index (χ0n) is 25.4. The molecule has 2 fully saturated rings. The van der Waals surface area contributed by atoms with Crippen LogP contribution < -0.4 is 11.1 Å². The highest BCUT2D eigenvalue weighted by atomic mass is 32.3. The first-order valence-electron chi connectivity index (χ1n) is 14.1. The molecule has 242 valence electrons. The highest BCUT2D eigenvalue weighted by Crippen LogP contribution is 2.29. The topological polar surface area (TPSA) is 193 Å². The standard InChI is InChI=1S/C26H46N4O11S/c1-25(2,3)40-24(34)29-13-11-19(12-14-29)28-21(31)18-7-9-20(10-8-18)30(23(27)33)41-42(35,36)39-17-26(4,5)22(32)38-16-15-37-6/h18-20H,7-17H2,1-6H3,(H2,27,33)(H,28,31)/t18-,20-. The van der Waals surface area contributed by atoms with Gasteiger partial charge in [0.25, 0.3) is 0 Å². The van der Waals surface area contributed by atoms with Crippen molar-refractivity contribution >= 4 is 34.4 Å². The van der Waals surface area contributed by atoms with Crippen LogP contribution in [0.3, 0.4) is 0 Å². The smallest absolute Gasteiger partial charge is 0.421 e. The minimum Gasteiger partial charge on any atom is -0.463 e. The Bertz CT molecular complexity index is 1040. The molecule has 1 aliphatic carbocycles. The van der Waals surface area contributed by atoms with Crippen LogP contribution in [-0.2, 0) is 42.7 Å². The maximum absolute atomic E-state index is 12.9. The number of likely N-dealkylation sites (tertiary alicyclic amines) is 1. The predicted octanol–water partition coefficient (Wildman–Crippen LogP) is 1.85. The Balaban J connectivity index is 1.83. The molecule has 2 aliphatic rings. The Labute approximate surface area is 247 Å². The Morgan fingerprint density at radius 1 is 0.952 bits per heavy atom. The number of piperidine rings is 1. The summed E-state index contributed by atoms with van der Waals surface area (Å²) in [5.41, 5.74) is 3.48. The van der Waals surface area contributed by atoms with Crippen molar-refractivity contribution < 1.29 is 50.3 Å². The summed E-state index contributed by atoms with van der Waals surface area (Å²) in [6, 6.07) is -1.91. The summed E-state index contributed by atoms with van der Waals surface area (Å²) in [7, 11) is -3.32. The van der Waals surface area contributed by atoms with Crippen molar-refractivity contribution in [1.29, 1.82) is 0 Å². The molecule has 42 heavy (non-hydrogen) atoms. The number of nitrogens with one attached hydrogen (secondary N) is 1. The SMILES string of the molecule is COCCOC(=O)C(C)(C)COS(=O)(=O)ON(C(N)=O)[C@H]1CC[C@H](C(=O)NC2CCN(C(=O)OC(C)(C)C)CC2)CC1. The number of primary amides is 1. The Morgan fingerprint density at radius 3 is 2.07 bits per heavy atom. The van der Waals surface area contributed by atoms with Gasteiger partial charge in [0.2, 0.25) is 5.91 Å². The third-order valence-corrected chi connectivity index (χ3v) is 7.67. The number of nitrogens with zero attached hydrogens (tertiary/aromatic N) is 2. The minimum absolute atomic E-state index is 0.00841. The van der Waals surface area contributed by atoms with Crippen LogP contribution in [0.5, 0.6) is 0 Å². The van der Waals surface area contributed by atoms with Crippen molar-refractivity contribution in [3.05, 3.63) is 0 Å². The number of rotatable bonds is 12. The predicted molar refractivity (Wildman–Crippen MR) is 149 cm³/mol. The normalized spacial score (nSPS) is 20.5. The molecular weight excluding hydrogens is 576 g/mol. The second kappa shape index (κ2) is 15.2. The first-order valence-corrected chi connectivity index (χ1v) is 15.4. The number of hydrogen-bond donors (Lipinski definition) is 2. The van der Waals surface area contributed by atoms with Crippen LogP contribution in [0.15, 0.2) is 0 Å². The van der Waals surface area contributed by atoms with Crippen LogP contribution in [0.2, 0.25) is 0 Å². The van der Waals surface area contributed by atoms with Gasteiger partial charge in [-0.15, -0.1) is 4.28 Å². The van der Waals surface area contributed by atoms with Crippen molar-refractivity contribution in [2.75, 3.05) is 40.0 Å². The van der Waals surface area contributed by atoms with E-state index in [1.165, 1.54) is 21.0 Å². The molecule has 4 amide bonds. The average molecular weight is 623 g/mol. The molecule has 1 saturated carbocycles. The molecular formula is C26H46N4O11S. The van der Waals surface area contributed by atoms with Crippen LogP contribution >= 0.6 is 0 Å². The number of esters is 1. The maximum Gasteiger partial charge on any atom is 0.421 e. The molecule has 0 bridgehead atoms. The number of carbonyl (C=O) groups excluding carboxylic acids is 4. The molecule has 0 aromatic carbocycles. The van der Waals surface area contributed by atoms with E-state index < -0.39 is 46.1 Å². The fourth-order valence-electron chi connectivity index (χ4n) is 4.51. The number of hydroxylamine groups is 2. The highest BCUT2D eigenvalue weighted by Gasteiger charge is 2.38. The van der Waals surface area contributed by atoms with Crippen LogP contribution in [0.25, 0.3) is 0 Å². The van der Waals surface area contributed by atoms with Crippen LogP contribution in [0, 0.1) is 11.3 Å². The highest BCUT2D eigenvalue weighted by molar-refractivity contribution is 7.81. The monoisotopic (exact) mass is 622 g/mol. The molecule has 1 aliphatic heterocycles. The Hall–Kier alpha value is -2.69. The fraction of sp³-hybridized carbons (Fsp3) is 0.846. The summed E-state index contributed by atoms with van der Waals surface area (Å²) in [6.07, 6.45) is 2.12. The van der Waals surface area contributed by atoms with Crippen molar-refractivity contribution in [2.45, 2.75) is 90.8 Å². The largest absolute Gasteiger partial charge is 0.463 e. The summed E-state index contributed by atoms with van der Waals surface area (Å²) in [6.45, 7) is 8.80. The van der Waals surface area contributed by atoms with Gasteiger partial charge in [-0.2, -0.15) is 13.5 Å². The molecule has 0 aromatic heterocycles. The zero-order valence-corrected chi connectivity index (χ0v) is 26.2. The van der Waals surface area contributed by atoms with E-state index in [4.69, 9.17) is 28.4 Å². The first-order chi connectivity index (χ1) is 19.4. The van der Waals surface area contributed by atoms with E-state index in [9.17, 15) is 27.6 Å². The lowest BCUT2D eigenvalue weighted by Crippen LogP contribution is -2.50. The lowest BCUT2D eigenvalue weighted by molar-refractivity contribution is -0.157. The molecule has 0 spiro atoms. The number of ether oxygens (including phenoxy) is 3. The third-order valence-electron chi connectivity index (χ3n) is 6.92. The average Bonchev–Trinajstić information content (AvgIpc) is 2.90. The minimum atomic E-state index is -4.76. The second-order valence-electron chi connectivity index (χ2n) is 12.2. The van der Waals surface area contributed by atoms with Gasteiger partial charge in [-0.1, -0.05) is 0 Å². The van der Waals surface area contributed by atoms with E-state index in [1.807, 2.05) is 20.8 Å². The van der Waals surface area contributed by atoms with Gasteiger partial charge in [-0.25, -0.2) is 13.8 Å². The lowest BCUT2D eigenvalue weighted by atomic mass is 9.85. The second-order valence-corrected chi connectivity index (χ2v) is 13.4. The summed E-state index contributed by atoms with van der Waals surface area (Å²) < 4.78 is 49.9. The molecule has 15 nitrogen and oxygen atoms in total. The molecule has 0 radical (unpaired) electrons. The van der Waals surface area contributed by atoms with Gasteiger partial charge in [0.15, 0.2) is 0 Å². The van der Waals surface area contributed by atoms with Crippen molar-refractivity contribution in [2.24, 2.45) is 17.1 Å². The number of methoxy groups -OCH3 is 1. The van der Waals surface area contributed by atoms with Gasteiger partial charge in [-0.05, 0) is 73.1 Å². The molecule has 0 unspecified atom stereocenters. The summed E-state index contributed by atoms with van der Waals surface area (Å²) >= 11 is 0. The van der Waals surface area contributed by atoms with Gasteiger partial charge >= 0.3 is 28.5 Å². The molecule has 2 rings (SSSR count). The van der Waals surface area contributed by atoms with Gasteiger partial charge < -0.3 is 30.2 Å². The number of amides is 4. The van der Waals surface area contributed by atoms with Gasteiger partial charge in [0, 0.05) is 32.2 Å². The van der Waals surface area contributed by atoms with E-state index >= 15 is 0 Å². The maximum atomic E-state index is 12.9. The molecule has 16 heteroatoms. The fourth-order valence-corrected chi connectivity index (χ4v) is 5.39. The van der Waals surface area contributed by atoms with Crippen molar-refractivity contribution in [1.82, 2.24) is 15.3 Å². The van der Waals surface area contributed by atoms with E-state index in [2.05, 4.69) is 5.32 Å². The van der Waals surface area contributed by atoms with Crippen LogP contribution in [0.1, 0.15) is 73.1 Å². The first kappa shape index (κ1) is 35.5. The quantitative estimate of drug-likeness (QED) is 0.183. The lowest BCUT2D eigenvalue weighted by Gasteiger charge is -2.36. The Morgan fingerprint density at radius 2 is 1.55 bits per heavy atom. The molecule has 0 atom stereocenters. The number of hydrogen-bond acceptors (Lipinski definition) is 11. The molecule has 1 heterocycles.